The number of para-hydroxylation sites is 1. The Balaban J connectivity index is 0.00000484. The number of hydrogen-bond donors (Lipinski definition) is 1. The molecule has 0 spiro atoms. The van der Waals surface area contributed by atoms with Crippen LogP contribution in [0.15, 0.2) is 24.3 Å². The van der Waals surface area contributed by atoms with Gasteiger partial charge in [0.2, 0.25) is 0 Å². The molecule has 0 saturated carbocycles. The van der Waals surface area contributed by atoms with Crippen molar-refractivity contribution < 1.29 is 34.1 Å². The number of carbonyl (C=O) groups is 1. The molecule has 0 saturated heterocycles. The maximum Gasteiger partial charge on any atom is 0.342 e. The van der Waals surface area contributed by atoms with E-state index in [0.717, 1.165) is 19.3 Å². The van der Waals surface area contributed by atoms with Gasteiger partial charge in [-0.05, 0) is 42.7 Å². The molecule has 0 aromatic heterocycles. The third-order valence-corrected chi connectivity index (χ3v) is 4.16. The molecule has 0 heterocycles. The first-order valence-electron chi connectivity index (χ1n) is 8.34. The maximum atomic E-state index is 12.3. The molecule has 1 rings (SSSR count). The van der Waals surface area contributed by atoms with Gasteiger partial charge in [0.05, 0.1) is 0 Å². The molecule has 1 aromatic rings. The summed E-state index contributed by atoms with van der Waals surface area (Å²) in [6.07, 6.45) is 2.72. The second kappa shape index (κ2) is 10.8. The number of carbonyl (C=O) groups excluding carboxylic acids is 1. The fourth-order valence-corrected chi connectivity index (χ4v) is 2.83. The van der Waals surface area contributed by atoms with Crippen LogP contribution in [0.3, 0.4) is 0 Å². The van der Waals surface area contributed by atoms with E-state index in [-0.39, 0.29) is 36.9 Å². The summed E-state index contributed by atoms with van der Waals surface area (Å²) in [5, 5.41) is 9.79. The van der Waals surface area contributed by atoms with Crippen molar-refractivity contribution in [3.63, 3.8) is 0 Å². The normalized spacial score (nSPS) is 13.5. The van der Waals surface area contributed by atoms with Crippen LogP contribution in [-0.2, 0) is 24.2 Å². The predicted molar refractivity (Wildman–Crippen MR) is 90.0 cm³/mol. The molecule has 0 aliphatic heterocycles. The quantitative estimate of drug-likeness (QED) is 0.514. The molecule has 2 unspecified atom stereocenters. The Labute approximate surface area is 153 Å². The molecular formula is C19H30O3Zn. The molecule has 0 aliphatic carbocycles. The molecule has 1 aromatic carbocycles. The van der Waals surface area contributed by atoms with Gasteiger partial charge >= 0.3 is 5.97 Å². The van der Waals surface area contributed by atoms with Crippen molar-refractivity contribution in [3.05, 3.63) is 29.8 Å². The Morgan fingerprint density at radius 2 is 1.74 bits per heavy atom. The largest absolute Gasteiger partial charge is 0.507 e. The molecule has 2 atom stereocenters. The van der Waals surface area contributed by atoms with Crippen molar-refractivity contribution in [1.82, 2.24) is 0 Å². The van der Waals surface area contributed by atoms with E-state index in [0.29, 0.717) is 17.8 Å². The zero-order chi connectivity index (χ0) is 16.7. The van der Waals surface area contributed by atoms with Gasteiger partial charge in [0.15, 0.2) is 0 Å². The zero-order valence-electron chi connectivity index (χ0n) is 15.2. The second-order valence-corrected chi connectivity index (χ2v) is 6.82. The molecule has 4 heteroatoms. The van der Waals surface area contributed by atoms with E-state index in [1.165, 1.54) is 6.07 Å². The van der Waals surface area contributed by atoms with E-state index in [2.05, 4.69) is 34.6 Å². The summed E-state index contributed by atoms with van der Waals surface area (Å²) in [7, 11) is 0. The van der Waals surface area contributed by atoms with Crippen molar-refractivity contribution in [2.75, 3.05) is 0 Å². The first-order valence-corrected chi connectivity index (χ1v) is 8.34. The SMILES string of the molecule is CCC(CC(CC(C)C)OC(=O)c1ccccc1O)C(C)C.[Zn]. The number of esters is 1. The van der Waals surface area contributed by atoms with E-state index >= 15 is 0 Å². The average Bonchev–Trinajstić information content (AvgIpc) is 2.43. The molecule has 0 amide bonds. The summed E-state index contributed by atoms with van der Waals surface area (Å²) in [5.41, 5.74) is 0.244. The predicted octanol–water partition coefficient (Wildman–Crippen LogP) is 5.03. The molecule has 0 radical (unpaired) electrons. The van der Waals surface area contributed by atoms with Crippen LogP contribution in [-0.4, -0.2) is 17.2 Å². The Morgan fingerprint density at radius 3 is 2.22 bits per heavy atom. The summed E-state index contributed by atoms with van der Waals surface area (Å²) < 4.78 is 5.71. The van der Waals surface area contributed by atoms with Gasteiger partial charge in [-0.2, -0.15) is 0 Å². The van der Waals surface area contributed by atoms with Gasteiger partial charge in [-0.1, -0.05) is 53.2 Å². The summed E-state index contributed by atoms with van der Waals surface area (Å²) >= 11 is 0. The number of aromatic hydroxyl groups is 1. The minimum Gasteiger partial charge on any atom is -0.507 e. The van der Waals surface area contributed by atoms with E-state index in [1.807, 2.05) is 0 Å². The number of phenols is 1. The fourth-order valence-electron chi connectivity index (χ4n) is 2.83. The number of rotatable bonds is 8. The minimum atomic E-state index is -0.428. The smallest absolute Gasteiger partial charge is 0.342 e. The Kier molecular flexibility index (Phi) is 10.4. The Hall–Kier alpha value is -0.887. The van der Waals surface area contributed by atoms with E-state index in [9.17, 15) is 9.90 Å². The molecule has 0 aliphatic rings. The fraction of sp³-hybridized carbons (Fsp3) is 0.632. The van der Waals surface area contributed by atoms with Gasteiger partial charge in [-0.15, -0.1) is 0 Å². The van der Waals surface area contributed by atoms with Crippen LogP contribution in [0.5, 0.6) is 5.75 Å². The Bertz CT molecular complexity index is 471. The first-order chi connectivity index (χ1) is 10.3. The molecular weight excluding hydrogens is 342 g/mol. The van der Waals surface area contributed by atoms with Crippen LogP contribution in [0.25, 0.3) is 0 Å². The van der Waals surface area contributed by atoms with Gasteiger partial charge in [-0.25, -0.2) is 4.79 Å². The monoisotopic (exact) mass is 370 g/mol. The summed E-state index contributed by atoms with van der Waals surface area (Å²) in [4.78, 5) is 12.3. The van der Waals surface area contributed by atoms with E-state index < -0.39 is 5.97 Å². The van der Waals surface area contributed by atoms with E-state index in [4.69, 9.17) is 4.74 Å². The number of hydrogen-bond acceptors (Lipinski definition) is 3. The summed E-state index contributed by atoms with van der Waals surface area (Å²) in [5.74, 6) is 1.13. The maximum absolute atomic E-state index is 12.3. The van der Waals surface area contributed by atoms with Crippen molar-refractivity contribution in [3.8, 4) is 5.75 Å². The standard InChI is InChI=1S/C19H30O3.Zn/c1-6-15(14(4)5)12-16(11-13(2)3)22-19(21)17-9-7-8-10-18(17)20;/h7-10,13-16,20H,6,11-12H2,1-5H3;. The minimum absolute atomic E-state index is 0. The number of ether oxygens (including phenoxy) is 1. The molecule has 1 N–H and O–H groups in total. The molecule has 0 bridgehead atoms. The van der Waals surface area contributed by atoms with Gasteiger partial charge in [0, 0.05) is 19.5 Å². The van der Waals surface area contributed by atoms with Crippen LogP contribution in [0.2, 0.25) is 0 Å². The topological polar surface area (TPSA) is 46.5 Å². The van der Waals surface area contributed by atoms with Crippen molar-refractivity contribution in [2.24, 2.45) is 17.8 Å². The molecule has 126 valence electrons. The number of benzene rings is 1. The number of phenolic OH excluding ortho intramolecular Hbond substituents is 1. The van der Waals surface area contributed by atoms with Gasteiger partial charge < -0.3 is 9.84 Å². The van der Waals surface area contributed by atoms with Gasteiger partial charge in [-0.3, -0.25) is 0 Å². The second-order valence-electron chi connectivity index (χ2n) is 6.82. The van der Waals surface area contributed by atoms with Crippen molar-refractivity contribution in [2.45, 2.75) is 60.0 Å². The van der Waals surface area contributed by atoms with Crippen molar-refractivity contribution >= 4 is 5.97 Å². The Morgan fingerprint density at radius 1 is 1.13 bits per heavy atom. The molecule has 3 nitrogen and oxygen atoms in total. The molecule has 0 fully saturated rings. The third kappa shape index (κ3) is 7.48. The van der Waals surface area contributed by atoms with Crippen LogP contribution < -0.4 is 0 Å². The van der Waals surface area contributed by atoms with Crippen LogP contribution in [0.4, 0.5) is 0 Å². The third-order valence-electron chi connectivity index (χ3n) is 4.16. The van der Waals surface area contributed by atoms with Crippen LogP contribution in [0.1, 0.15) is 64.2 Å². The molecule has 23 heavy (non-hydrogen) atoms. The average molecular weight is 372 g/mol. The zero-order valence-corrected chi connectivity index (χ0v) is 18.2. The van der Waals surface area contributed by atoms with Crippen LogP contribution >= 0.6 is 0 Å². The van der Waals surface area contributed by atoms with Gasteiger partial charge in [0.25, 0.3) is 0 Å². The van der Waals surface area contributed by atoms with Crippen LogP contribution in [0, 0.1) is 17.8 Å². The van der Waals surface area contributed by atoms with Gasteiger partial charge in [0.1, 0.15) is 17.4 Å². The summed E-state index contributed by atoms with van der Waals surface area (Å²) in [6, 6.07) is 6.54. The van der Waals surface area contributed by atoms with Crippen molar-refractivity contribution in [1.29, 1.82) is 0 Å². The van der Waals surface area contributed by atoms with E-state index in [1.54, 1.807) is 18.2 Å². The first kappa shape index (κ1) is 22.1. The summed E-state index contributed by atoms with van der Waals surface area (Å²) in [6.45, 7) is 10.9.